The van der Waals surface area contributed by atoms with Crippen LogP contribution in [-0.4, -0.2) is 55.6 Å². The number of ketones is 1. The van der Waals surface area contributed by atoms with E-state index in [1.807, 2.05) is 24.3 Å². The molecule has 1 saturated carbocycles. The molecule has 0 aromatic heterocycles. The molecular weight excluding hydrogens is 534 g/mol. The summed E-state index contributed by atoms with van der Waals surface area (Å²) in [4.78, 5) is 43.8. The van der Waals surface area contributed by atoms with Crippen molar-refractivity contribution in [1.29, 1.82) is 0 Å². The van der Waals surface area contributed by atoms with Gasteiger partial charge in [-0.15, -0.1) is 0 Å². The van der Waals surface area contributed by atoms with Gasteiger partial charge in [0.2, 0.25) is 11.8 Å². The van der Waals surface area contributed by atoms with Gasteiger partial charge in [-0.25, -0.2) is 0 Å². The first-order chi connectivity index (χ1) is 20.1. The predicted octanol–water partition coefficient (Wildman–Crippen LogP) is 4.87. The lowest BCUT2D eigenvalue weighted by Crippen LogP contribution is -2.56. The third-order valence-electron chi connectivity index (χ3n) is 7.97. The molecule has 42 heavy (non-hydrogen) atoms. The number of para-hydroxylation sites is 4. The Morgan fingerprint density at radius 3 is 1.86 bits per heavy atom. The molecule has 1 fully saturated rings. The van der Waals surface area contributed by atoms with Gasteiger partial charge < -0.3 is 30.1 Å². The van der Waals surface area contributed by atoms with Crippen molar-refractivity contribution in [3.63, 3.8) is 0 Å². The molecule has 3 aromatic rings. The summed E-state index contributed by atoms with van der Waals surface area (Å²) in [6.45, 7) is 7.21. The molecule has 0 aliphatic heterocycles. The van der Waals surface area contributed by atoms with Gasteiger partial charge in [-0.05, 0) is 62.7 Å². The number of nitrogens with one attached hydrogen (secondary N) is 2. The van der Waals surface area contributed by atoms with Crippen LogP contribution >= 0.6 is 0 Å². The molecule has 9 heteroatoms. The van der Waals surface area contributed by atoms with Gasteiger partial charge in [-0.3, -0.25) is 14.4 Å². The lowest BCUT2D eigenvalue weighted by molar-refractivity contribution is -0.150. The van der Waals surface area contributed by atoms with Crippen molar-refractivity contribution < 1.29 is 29.0 Å². The molecule has 0 saturated heterocycles. The lowest BCUT2D eigenvalue weighted by atomic mass is 9.61. The monoisotopic (exact) mass is 573 g/mol. The molecule has 0 heterocycles. The highest BCUT2D eigenvalue weighted by Gasteiger charge is 2.56. The van der Waals surface area contributed by atoms with Gasteiger partial charge in [-0.1, -0.05) is 36.4 Å². The third-order valence-corrected chi connectivity index (χ3v) is 7.97. The van der Waals surface area contributed by atoms with Crippen molar-refractivity contribution in [3.05, 3.63) is 78.4 Å². The maximum atomic E-state index is 14.0. The second kappa shape index (κ2) is 13.1. The summed E-state index contributed by atoms with van der Waals surface area (Å²) in [6, 6.07) is 21.4. The number of hydrogen-bond acceptors (Lipinski definition) is 7. The van der Waals surface area contributed by atoms with E-state index in [4.69, 9.17) is 9.47 Å². The van der Waals surface area contributed by atoms with Crippen molar-refractivity contribution in [3.8, 4) is 11.5 Å². The molecule has 1 aliphatic carbocycles. The fourth-order valence-electron chi connectivity index (χ4n) is 5.90. The zero-order valence-corrected chi connectivity index (χ0v) is 24.7. The van der Waals surface area contributed by atoms with E-state index in [9.17, 15) is 19.5 Å². The molecule has 3 N–H and O–H groups in total. The highest BCUT2D eigenvalue weighted by molar-refractivity contribution is 6.11. The van der Waals surface area contributed by atoms with E-state index < -0.39 is 41.0 Å². The fourth-order valence-corrected chi connectivity index (χ4v) is 5.90. The quantitative estimate of drug-likeness (QED) is 0.296. The van der Waals surface area contributed by atoms with E-state index in [1.54, 1.807) is 48.5 Å². The van der Waals surface area contributed by atoms with Crippen LogP contribution in [0.15, 0.2) is 72.8 Å². The summed E-state index contributed by atoms with van der Waals surface area (Å²) in [5.74, 6) is -4.02. The molecule has 3 aromatic carbocycles. The highest BCUT2D eigenvalue weighted by atomic mass is 16.5. The molecule has 0 bridgehead atoms. The smallest absolute Gasteiger partial charge is 0.235 e. The maximum Gasteiger partial charge on any atom is 0.235 e. The van der Waals surface area contributed by atoms with Crippen molar-refractivity contribution >= 4 is 34.7 Å². The Morgan fingerprint density at radius 2 is 1.36 bits per heavy atom. The summed E-state index contributed by atoms with van der Waals surface area (Å²) in [6.07, 6.45) is -0.366. The van der Waals surface area contributed by atoms with Crippen LogP contribution < -0.4 is 25.0 Å². The molecular formula is C33H39N3O6. The maximum absolute atomic E-state index is 14.0. The number of rotatable bonds is 10. The Morgan fingerprint density at radius 1 is 0.857 bits per heavy atom. The molecule has 4 rings (SSSR count). The topological polar surface area (TPSA) is 117 Å². The second-order valence-electron chi connectivity index (χ2n) is 10.6. The van der Waals surface area contributed by atoms with E-state index >= 15 is 0 Å². The van der Waals surface area contributed by atoms with E-state index in [0.717, 1.165) is 18.8 Å². The molecule has 222 valence electrons. The minimum absolute atomic E-state index is 0.366. The van der Waals surface area contributed by atoms with Crippen LogP contribution in [0, 0.1) is 11.8 Å². The van der Waals surface area contributed by atoms with Crippen molar-refractivity contribution in [1.82, 2.24) is 0 Å². The zero-order valence-electron chi connectivity index (χ0n) is 24.7. The summed E-state index contributed by atoms with van der Waals surface area (Å²) in [7, 11) is 2.99. The average molecular weight is 574 g/mol. The molecule has 0 radical (unpaired) electrons. The molecule has 0 unspecified atom stereocenters. The van der Waals surface area contributed by atoms with Crippen molar-refractivity contribution in [2.75, 3.05) is 42.8 Å². The minimum Gasteiger partial charge on any atom is -0.495 e. The van der Waals surface area contributed by atoms with Crippen LogP contribution in [0.3, 0.4) is 0 Å². The minimum atomic E-state index is -1.73. The third kappa shape index (κ3) is 6.26. The van der Waals surface area contributed by atoms with Crippen LogP contribution in [0.25, 0.3) is 0 Å². The van der Waals surface area contributed by atoms with Crippen LogP contribution in [-0.2, 0) is 14.4 Å². The molecule has 1 aliphatic rings. The van der Waals surface area contributed by atoms with E-state index in [1.165, 1.54) is 21.1 Å². The van der Waals surface area contributed by atoms with E-state index in [-0.39, 0.29) is 6.42 Å². The highest BCUT2D eigenvalue weighted by Crippen LogP contribution is 2.47. The Balaban J connectivity index is 1.80. The normalized spacial score (nSPS) is 21.8. The number of Topliss-reactive ketones (excluding diaryl/α,β-unsaturated/α-hetero) is 1. The number of aliphatic hydroxyl groups is 1. The SMILES string of the molecule is CCN(CC)c1ccc([C@@H]2[C@H](C(=O)Nc3ccccc3OC)C(=O)C[C@](C)(O)[C@@H]2C(=O)Nc2ccccc2OC)cc1. The van der Waals surface area contributed by atoms with Crippen molar-refractivity contribution in [2.45, 2.75) is 38.7 Å². The second-order valence-corrected chi connectivity index (χ2v) is 10.6. The van der Waals surface area contributed by atoms with Crippen LogP contribution in [0.4, 0.5) is 17.1 Å². The molecule has 2 amide bonds. The fraction of sp³-hybridized carbons (Fsp3) is 0.364. The molecule has 4 atom stereocenters. The number of carbonyl (C=O) groups excluding carboxylic acids is 3. The largest absolute Gasteiger partial charge is 0.495 e. The number of anilines is 3. The standard InChI is InChI=1S/C33H39N3O6/c1-6-36(7-2)22-18-16-21(17-19-22)28-29(31(38)34-23-12-8-10-14-26(23)41-4)25(37)20-33(3,40)30(28)32(39)35-24-13-9-11-15-27(24)42-5/h8-19,28-30,40H,6-7,20H2,1-5H3,(H,34,38)(H,35,39)/t28-,29-,30+,33+/m1/s1. The van der Waals surface area contributed by atoms with Crippen LogP contribution in [0.1, 0.15) is 38.7 Å². The van der Waals surface area contributed by atoms with Crippen molar-refractivity contribution in [2.24, 2.45) is 11.8 Å². The van der Waals surface area contributed by atoms with Gasteiger partial charge in [0.1, 0.15) is 23.2 Å². The van der Waals surface area contributed by atoms with Gasteiger partial charge in [0.15, 0.2) is 0 Å². The summed E-state index contributed by atoms with van der Waals surface area (Å²) >= 11 is 0. The van der Waals surface area contributed by atoms with Crippen LogP contribution in [0.2, 0.25) is 0 Å². The van der Waals surface area contributed by atoms with Gasteiger partial charge in [0, 0.05) is 31.1 Å². The van der Waals surface area contributed by atoms with Gasteiger partial charge in [-0.2, -0.15) is 0 Å². The predicted molar refractivity (Wildman–Crippen MR) is 163 cm³/mol. The molecule has 0 spiro atoms. The Bertz CT molecular complexity index is 1420. The summed E-state index contributed by atoms with van der Waals surface area (Å²) < 4.78 is 10.8. The number of hydrogen-bond donors (Lipinski definition) is 3. The summed E-state index contributed by atoms with van der Waals surface area (Å²) in [5, 5.41) is 17.3. The number of ether oxygens (including phenoxy) is 2. The number of amides is 2. The van der Waals surface area contributed by atoms with E-state index in [2.05, 4.69) is 29.4 Å². The van der Waals surface area contributed by atoms with Gasteiger partial charge in [0.25, 0.3) is 0 Å². The Hall–Kier alpha value is -4.37. The lowest BCUT2D eigenvalue weighted by Gasteiger charge is -2.44. The number of methoxy groups -OCH3 is 2. The first kappa shape index (κ1) is 30.6. The summed E-state index contributed by atoms with van der Waals surface area (Å²) in [5.41, 5.74) is 0.665. The average Bonchev–Trinajstić information content (AvgIpc) is 2.97. The zero-order chi connectivity index (χ0) is 30.4. The molecule has 9 nitrogen and oxygen atoms in total. The number of nitrogens with zero attached hydrogens (tertiary/aromatic N) is 1. The first-order valence-corrected chi connectivity index (χ1v) is 14.1. The van der Waals surface area contributed by atoms with E-state index in [0.29, 0.717) is 28.4 Å². The van der Waals surface area contributed by atoms with Crippen LogP contribution in [0.5, 0.6) is 11.5 Å². The number of benzene rings is 3. The number of carbonyl (C=O) groups is 3. The van der Waals surface area contributed by atoms with Gasteiger partial charge in [0.05, 0.1) is 37.1 Å². The van der Waals surface area contributed by atoms with Gasteiger partial charge >= 0.3 is 0 Å². The Kier molecular flexibility index (Phi) is 9.52. The first-order valence-electron chi connectivity index (χ1n) is 14.1. The Labute approximate surface area is 246 Å².